The number of nitrogens with one attached hydrogen (secondary N) is 2. The Morgan fingerprint density at radius 1 is 1.28 bits per heavy atom. The summed E-state index contributed by atoms with van der Waals surface area (Å²) in [7, 11) is 0. The number of amides is 2. The van der Waals surface area contributed by atoms with Crippen LogP contribution < -0.4 is 10.6 Å². The second kappa shape index (κ2) is 9.42. The van der Waals surface area contributed by atoms with Crippen molar-refractivity contribution in [3.05, 3.63) is 35.9 Å². The Labute approximate surface area is 149 Å². The third kappa shape index (κ3) is 6.38. The van der Waals surface area contributed by atoms with Gasteiger partial charge in [-0.25, -0.2) is 4.79 Å². The zero-order valence-electron chi connectivity index (χ0n) is 15.1. The first-order chi connectivity index (χ1) is 12.0. The van der Waals surface area contributed by atoms with Crippen LogP contribution in [0.4, 0.5) is 4.79 Å². The van der Waals surface area contributed by atoms with E-state index in [1.54, 1.807) is 0 Å². The number of carbonyl (C=O) groups is 2. The van der Waals surface area contributed by atoms with Crippen LogP contribution in [-0.2, 0) is 11.2 Å². The molecule has 1 aromatic carbocycles. The van der Waals surface area contributed by atoms with Gasteiger partial charge in [0, 0.05) is 18.1 Å². The van der Waals surface area contributed by atoms with Crippen molar-refractivity contribution in [3.63, 3.8) is 0 Å². The molecule has 6 nitrogen and oxygen atoms in total. The van der Waals surface area contributed by atoms with Crippen LogP contribution in [0.25, 0.3) is 0 Å². The van der Waals surface area contributed by atoms with Gasteiger partial charge in [-0.1, -0.05) is 37.3 Å². The number of rotatable bonds is 9. The van der Waals surface area contributed by atoms with Crippen LogP contribution in [0.3, 0.4) is 0 Å². The minimum Gasteiger partial charge on any atom is -0.480 e. The molecule has 6 heteroatoms. The third-order valence-electron chi connectivity index (χ3n) is 4.80. The predicted molar refractivity (Wildman–Crippen MR) is 97.6 cm³/mol. The fourth-order valence-corrected chi connectivity index (χ4v) is 3.23. The topological polar surface area (TPSA) is 81.7 Å². The lowest BCUT2D eigenvalue weighted by Crippen LogP contribution is -2.57. The van der Waals surface area contributed by atoms with Crippen LogP contribution in [0.15, 0.2) is 30.3 Å². The number of aliphatic carboxylic acids is 1. The van der Waals surface area contributed by atoms with Gasteiger partial charge in [-0.05, 0) is 44.7 Å². The Morgan fingerprint density at radius 2 is 1.96 bits per heavy atom. The normalized spacial score (nSPS) is 20.6. The zero-order valence-corrected chi connectivity index (χ0v) is 15.1. The molecule has 138 valence electrons. The van der Waals surface area contributed by atoms with Gasteiger partial charge in [0.1, 0.15) is 0 Å². The van der Waals surface area contributed by atoms with E-state index in [-0.39, 0.29) is 30.7 Å². The van der Waals surface area contributed by atoms with E-state index in [1.165, 1.54) is 5.56 Å². The van der Waals surface area contributed by atoms with Gasteiger partial charge >= 0.3 is 12.0 Å². The first-order valence-electron chi connectivity index (χ1n) is 9.04. The van der Waals surface area contributed by atoms with Crippen LogP contribution >= 0.6 is 0 Å². The Balaban J connectivity index is 1.63. The highest BCUT2D eigenvalue weighted by atomic mass is 16.4. The van der Waals surface area contributed by atoms with Gasteiger partial charge in [0.2, 0.25) is 0 Å². The van der Waals surface area contributed by atoms with Crippen LogP contribution in [0.2, 0.25) is 0 Å². The number of carboxylic acid groups (broad SMARTS) is 1. The summed E-state index contributed by atoms with van der Waals surface area (Å²) in [5, 5.41) is 14.9. The van der Waals surface area contributed by atoms with E-state index in [4.69, 9.17) is 5.11 Å². The van der Waals surface area contributed by atoms with Gasteiger partial charge < -0.3 is 15.7 Å². The van der Waals surface area contributed by atoms with Gasteiger partial charge in [0.25, 0.3) is 0 Å². The highest BCUT2D eigenvalue weighted by Crippen LogP contribution is 2.25. The van der Waals surface area contributed by atoms with E-state index in [9.17, 15) is 9.59 Å². The number of urea groups is 1. The zero-order chi connectivity index (χ0) is 18.2. The summed E-state index contributed by atoms with van der Waals surface area (Å²) in [6.45, 7) is 4.76. The lowest BCUT2D eigenvalue weighted by atomic mass is 9.85. The van der Waals surface area contributed by atoms with Gasteiger partial charge in [-0.15, -0.1) is 0 Å². The standard InChI is InChI=1S/C19H29N3O3/c1-3-22(13-18(23)24)17-11-16(12-17)21-19(25)20-14(2)9-10-15-7-5-4-6-8-15/h4-8,14,16-17H,3,9-13H2,1-2H3,(H,23,24)(H2,20,21,25). The largest absolute Gasteiger partial charge is 0.480 e. The van der Waals surface area contributed by atoms with Crippen molar-refractivity contribution in [2.24, 2.45) is 0 Å². The molecule has 1 saturated carbocycles. The van der Waals surface area contributed by atoms with E-state index >= 15 is 0 Å². The number of nitrogens with zero attached hydrogens (tertiary/aromatic N) is 1. The molecular weight excluding hydrogens is 318 g/mol. The van der Waals surface area contributed by atoms with Crippen molar-refractivity contribution in [1.82, 2.24) is 15.5 Å². The molecular formula is C19H29N3O3. The number of hydrogen-bond donors (Lipinski definition) is 3. The van der Waals surface area contributed by atoms with Gasteiger partial charge in [0.15, 0.2) is 0 Å². The fraction of sp³-hybridized carbons (Fsp3) is 0.579. The molecule has 1 atom stereocenters. The predicted octanol–water partition coefficient (Wildman–Crippen LogP) is 2.24. The molecule has 0 aromatic heterocycles. The molecule has 1 aromatic rings. The summed E-state index contributed by atoms with van der Waals surface area (Å²) in [4.78, 5) is 24.8. The molecule has 0 saturated heterocycles. The number of aryl methyl sites for hydroxylation is 1. The molecule has 0 aliphatic heterocycles. The van der Waals surface area contributed by atoms with Crippen molar-refractivity contribution in [3.8, 4) is 0 Å². The number of likely N-dealkylation sites (N-methyl/N-ethyl adjacent to an activating group) is 1. The Hall–Kier alpha value is -2.08. The average Bonchev–Trinajstić information content (AvgIpc) is 2.55. The van der Waals surface area contributed by atoms with Crippen molar-refractivity contribution in [1.29, 1.82) is 0 Å². The maximum Gasteiger partial charge on any atom is 0.317 e. The molecule has 0 spiro atoms. The molecule has 0 radical (unpaired) electrons. The smallest absolute Gasteiger partial charge is 0.317 e. The first-order valence-corrected chi connectivity index (χ1v) is 9.04. The van der Waals surface area contributed by atoms with Gasteiger partial charge in [-0.3, -0.25) is 9.69 Å². The number of carboxylic acids is 1. The minimum atomic E-state index is -0.803. The molecule has 1 fully saturated rings. The van der Waals surface area contributed by atoms with Gasteiger partial charge in [0.05, 0.1) is 6.54 Å². The number of hydrogen-bond acceptors (Lipinski definition) is 3. The molecule has 0 heterocycles. The molecule has 1 unspecified atom stereocenters. The maximum atomic E-state index is 12.1. The summed E-state index contributed by atoms with van der Waals surface area (Å²) in [5.41, 5.74) is 1.27. The van der Waals surface area contributed by atoms with E-state index in [1.807, 2.05) is 36.9 Å². The second-order valence-electron chi connectivity index (χ2n) is 6.82. The quantitative estimate of drug-likeness (QED) is 0.640. The fourth-order valence-electron chi connectivity index (χ4n) is 3.23. The molecule has 25 heavy (non-hydrogen) atoms. The molecule has 2 amide bonds. The highest BCUT2D eigenvalue weighted by molar-refractivity contribution is 5.74. The summed E-state index contributed by atoms with van der Waals surface area (Å²) < 4.78 is 0. The van der Waals surface area contributed by atoms with Crippen LogP contribution in [0.5, 0.6) is 0 Å². The first kappa shape index (κ1) is 19.2. The second-order valence-corrected chi connectivity index (χ2v) is 6.82. The van der Waals surface area contributed by atoms with E-state index in [0.717, 1.165) is 25.7 Å². The molecule has 0 bridgehead atoms. The lowest BCUT2D eigenvalue weighted by molar-refractivity contribution is -0.139. The van der Waals surface area contributed by atoms with E-state index in [0.29, 0.717) is 6.54 Å². The minimum absolute atomic E-state index is 0.0661. The van der Waals surface area contributed by atoms with E-state index < -0.39 is 5.97 Å². The summed E-state index contributed by atoms with van der Waals surface area (Å²) >= 11 is 0. The van der Waals surface area contributed by atoms with Crippen molar-refractivity contribution < 1.29 is 14.7 Å². The number of benzene rings is 1. The summed E-state index contributed by atoms with van der Waals surface area (Å²) in [6, 6.07) is 10.6. The van der Waals surface area contributed by atoms with Gasteiger partial charge in [-0.2, -0.15) is 0 Å². The third-order valence-corrected chi connectivity index (χ3v) is 4.80. The number of carbonyl (C=O) groups excluding carboxylic acids is 1. The SMILES string of the molecule is CCN(CC(=O)O)C1CC(NC(=O)NC(C)CCc2ccccc2)C1. The molecule has 3 N–H and O–H groups in total. The highest BCUT2D eigenvalue weighted by Gasteiger charge is 2.34. The Morgan fingerprint density at radius 3 is 2.56 bits per heavy atom. The van der Waals surface area contributed by atoms with Crippen molar-refractivity contribution in [2.45, 2.75) is 57.7 Å². The Kier molecular flexibility index (Phi) is 7.25. The molecule has 2 rings (SSSR count). The van der Waals surface area contributed by atoms with E-state index in [2.05, 4.69) is 22.8 Å². The lowest BCUT2D eigenvalue weighted by Gasteiger charge is -2.42. The van der Waals surface area contributed by atoms with Crippen molar-refractivity contribution >= 4 is 12.0 Å². The summed E-state index contributed by atoms with van der Waals surface area (Å²) in [6.07, 6.45) is 3.46. The van der Waals surface area contributed by atoms with Crippen LogP contribution in [0.1, 0.15) is 38.7 Å². The van der Waals surface area contributed by atoms with Crippen molar-refractivity contribution in [2.75, 3.05) is 13.1 Å². The summed E-state index contributed by atoms with van der Waals surface area (Å²) in [5.74, 6) is -0.803. The Bertz CT molecular complexity index is 558. The average molecular weight is 347 g/mol. The maximum absolute atomic E-state index is 12.1. The monoisotopic (exact) mass is 347 g/mol. The molecule has 1 aliphatic rings. The molecule has 1 aliphatic carbocycles. The van der Waals surface area contributed by atoms with Crippen LogP contribution in [-0.4, -0.2) is 53.2 Å². The van der Waals surface area contributed by atoms with Crippen LogP contribution in [0, 0.1) is 0 Å².